The number of halogens is 1. The van der Waals surface area contributed by atoms with Crippen molar-refractivity contribution in [2.45, 2.75) is 70.1 Å². The Morgan fingerprint density at radius 3 is 2.58 bits per heavy atom. The van der Waals surface area contributed by atoms with E-state index in [9.17, 15) is 9.90 Å². The van der Waals surface area contributed by atoms with Crippen molar-refractivity contribution >= 4 is 48.6 Å². The second kappa shape index (κ2) is 9.60. The summed E-state index contributed by atoms with van der Waals surface area (Å²) in [5.74, 6) is 2.49. The molecule has 2 aliphatic carbocycles. The van der Waals surface area contributed by atoms with E-state index in [1.165, 1.54) is 54.1 Å². The number of carboxylic acid groups (broad SMARTS) is 1. The van der Waals surface area contributed by atoms with Crippen LogP contribution in [0.3, 0.4) is 0 Å². The lowest BCUT2D eigenvalue weighted by Gasteiger charge is -2.45. The third-order valence-electron chi connectivity index (χ3n) is 6.37. The van der Waals surface area contributed by atoms with Crippen molar-refractivity contribution in [1.82, 2.24) is 4.57 Å². The molecule has 0 amide bonds. The summed E-state index contributed by atoms with van der Waals surface area (Å²) in [6.07, 6.45) is 8.03. The number of carbonyl (C=O) groups is 1. The number of nitrogens with zero attached hydrogens (tertiary/aromatic N) is 1. The molecule has 2 fully saturated rings. The molecule has 0 bridgehead atoms. The zero-order valence-electron chi connectivity index (χ0n) is 15.5. The van der Waals surface area contributed by atoms with Crippen LogP contribution >= 0.6 is 34.4 Å². The molecule has 2 rings (SSSR count). The third-order valence-corrected chi connectivity index (χ3v) is 12.4. The van der Waals surface area contributed by atoms with Crippen LogP contribution in [0.25, 0.3) is 0 Å². The quantitative estimate of drug-likeness (QED) is 0.198. The Bertz CT molecular complexity index is 420. The molecule has 0 heterocycles. The van der Waals surface area contributed by atoms with Gasteiger partial charge in [0.1, 0.15) is 8.24 Å². The minimum atomic E-state index is -1.35. The lowest BCUT2D eigenvalue weighted by atomic mass is 9.74. The molecule has 2 unspecified atom stereocenters. The fourth-order valence-electron chi connectivity index (χ4n) is 4.43. The fraction of sp³-hybridized carbons (Fsp3) is 0.944. The number of hydrogen-bond acceptors (Lipinski definition) is 3. The number of thioether (sulfide) groups is 1. The summed E-state index contributed by atoms with van der Waals surface area (Å²) in [5.41, 5.74) is 0. The summed E-state index contributed by atoms with van der Waals surface area (Å²) >= 11 is 4.50. The van der Waals surface area contributed by atoms with Crippen molar-refractivity contribution in [3.8, 4) is 0 Å². The van der Waals surface area contributed by atoms with Crippen molar-refractivity contribution in [2.24, 2.45) is 17.8 Å². The number of rotatable bonds is 10. The van der Waals surface area contributed by atoms with Crippen molar-refractivity contribution in [3.63, 3.8) is 0 Å². The van der Waals surface area contributed by atoms with Gasteiger partial charge in [0.25, 0.3) is 0 Å². The Kier molecular flexibility index (Phi) is 8.41. The van der Waals surface area contributed by atoms with E-state index >= 15 is 0 Å². The monoisotopic (exact) mass is 483 g/mol. The molecule has 24 heavy (non-hydrogen) atoms. The minimum absolute atomic E-state index is 0.402. The smallest absolute Gasteiger partial charge is 0.303 e. The second-order valence-electron chi connectivity index (χ2n) is 8.37. The highest BCUT2D eigenvalue weighted by molar-refractivity contribution is 14.1. The van der Waals surface area contributed by atoms with Crippen LogP contribution in [0.5, 0.6) is 0 Å². The molecule has 0 saturated heterocycles. The van der Waals surface area contributed by atoms with Crippen molar-refractivity contribution in [3.05, 3.63) is 0 Å². The summed E-state index contributed by atoms with van der Waals surface area (Å²) in [4.78, 5) is 11.3. The van der Waals surface area contributed by atoms with Gasteiger partial charge in [-0.1, -0.05) is 48.5 Å². The van der Waals surface area contributed by atoms with Crippen LogP contribution in [0.15, 0.2) is 0 Å². The van der Waals surface area contributed by atoms with E-state index < -0.39 is 14.2 Å². The molecule has 140 valence electrons. The molecular formula is C18H34INO2SSi. The van der Waals surface area contributed by atoms with E-state index in [0.717, 1.165) is 0 Å². The van der Waals surface area contributed by atoms with E-state index in [1.54, 1.807) is 0 Å². The molecule has 0 aromatic heterocycles. The van der Waals surface area contributed by atoms with Crippen molar-refractivity contribution < 1.29 is 9.90 Å². The molecule has 1 N–H and O–H groups in total. The number of carboxylic acids is 1. The first-order chi connectivity index (χ1) is 11.3. The predicted octanol–water partition coefficient (Wildman–Crippen LogP) is 5.31. The first kappa shape index (κ1) is 21.0. The Morgan fingerprint density at radius 1 is 1.29 bits per heavy atom. The van der Waals surface area contributed by atoms with Crippen LogP contribution in [0.2, 0.25) is 19.1 Å². The Labute approximate surface area is 166 Å². The van der Waals surface area contributed by atoms with Crippen LogP contribution in [0.1, 0.15) is 44.9 Å². The first-order valence-electron chi connectivity index (χ1n) is 9.43. The van der Waals surface area contributed by atoms with E-state index in [2.05, 4.69) is 59.1 Å². The number of hydrogen-bond donors (Lipinski definition) is 1. The van der Waals surface area contributed by atoms with E-state index in [-0.39, 0.29) is 0 Å². The Hall–Kier alpha value is 0.727. The Morgan fingerprint density at radius 2 is 2.00 bits per heavy atom. The van der Waals surface area contributed by atoms with Gasteiger partial charge in [0.15, 0.2) is 0 Å². The van der Waals surface area contributed by atoms with Gasteiger partial charge < -0.3 is 9.67 Å². The van der Waals surface area contributed by atoms with Crippen LogP contribution in [-0.2, 0) is 4.79 Å². The Balaban J connectivity index is 1.94. The second-order valence-corrected chi connectivity index (χ2v) is 16.1. The van der Waals surface area contributed by atoms with E-state index in [1.807, 2.05) is 0 Å². The third kappa shape index (κ3) is 6.16. The summed E-state index contributed by atoms with van der Waals surface area (Å²) in [6, 6.07) is 2.05. The van der Waals surface area contributed by atoms with E-state index in [4.69, 9.17) is 0 Å². The van der Waals surface area contributed by atoms with Gasteiger partial charge in [-0.25, -0.2) is 0 Å². The molecule has 0 aromatic carbocycles. The van der Waals surface area contributed by atoms with Crippen LogP contribution in [0, 0.1) is 17.8 Å². The summed E-state index contributed by atoms with van der Waals surface area (Å²) < 4.78 is 3.94. The fourth-order valence-corrected chi connectivity index (χ4v) is 9.63. The van der Waals surface area contributed by atoms with Crippen molar-refractivity contribution in [1.29, 1.82) is 0 Å². The van der Waals surface area contributed by atoms with Crippen LogP contribution < -0.4 is 0 Å². The average Bonchev–Trinajstić information content (AvgIpc) is 3.36. The normalized spacial score (nSPS) is 26.5. The van der Waals surface area contributed by atoms with Crippen LogP contribution in [-0.4, -0.2) is 46.5 Å². The summed E-state index contributed by atoms with van der Waals surface area (Å²) in [6.45, 7) is 5.03. The highest BCUT2D eigenvalue weighted by Gasteiger charge is 2.41. The predicted molar refractivity (Wildman–Crippen MR) is 116 cm³/mol. The van der Waals surface area contributed by atoms with Crippen molar-refractivity contribution in [2.75, 3.05) is 16.6 Å². The standard InChI is InChI=1S/C18H34INO2SSi/c1-20(24(2,3)10-9-23-13-19)16-6-4-5-15(11-16)17(12-18(21)22)14-7-8-14/h14-17H,4-13H2,1-3H3,(H,21,22)/t15?,16?,17-/m1/s1. The summed E-state index contributed by atoms with van der Waals surface area (Å²) in [7, 11) is 1.01. The number of aliphatic carboxylic acids is 1. The molecule has 6 heteroatoms. The first-order valence-corrected chi connectivity index (χ1v) is 15.3. The van der Waals surface area contributed by atoms with Gasteiger partial charge in [-0.2, -0.15) is 11.8 Å². The highest BCUT2D eigenvalue weighted by atomic mass is 127. The molecule has 2 saturated carbocycles. The van der Waals surface area contributed by atoms with Gasteiger partial charge in [-0.15, -0.1) is 0 Å². The maximum absolute atomic E-state index is 11.3. The highest BCUT2D eigenvalue weighted by Crippen LogP contribution is 2.47. The van der Waals surface area contributed by atoms with Gasteiger partial charge in [-0.3, -0.25) is 4.79 Å². The topological polar surface area (TPSA) is 40.5 Å². The molecular weight excluding hydrogens is 449 g/mol. The molecule has 2 aliphatic rings. The van der Waals surface area contributed by atoms with Gasteiger partial charge >= 0.3 is 5.97 Å². The molecule has 0 spiro atoms. The lowest BCUT2D eigenvalue weighted by molar-refractivity contribution is -0.139. The SMILES string of the molecule is CN(C1CCCC([C@H](CC(=O)O)C2CC2)C1)[Si](C)(C)CCSCI. The molecule has 0 aliphatic heterocycles. The zero-order chi connectivity index (χ0) is 17.7. The van der Waals surface area contributed by atoms with Crippen LogP contribution in [0.4, 0.5) is 0 Å². The zero-order valence-corrected chi connectivity index (χ0v) is 19.4. The van der Waals surface area contributed by atoms with E-state index in [0.29, 0.717) is 30.2 Å². The molecule has 0 radical (unpaired) electrons. The van der Waals surface area contributed by atoms with Gasteiger partial charge in [-0.05, 0) is 62.3 Å². The molecule has 3 nitrogen and oxygen atoms in total. The van der Waals surface area contributed by atoms with Gasteiger partial charge in [0.05, 0.1) is 0 Å². The summed E-state index contributed by atoms with van der Waals surface area (Å²) in [5, 5.41) is 9.31. The van der Waals surface area contributed by atoms with Gasteiger partial charge in [0, 0.05) is 16.2 Å². The maximum Gasteiger partial charge on any atom is 0.303 e. The minimum Gasteiger partial charge on any atom is -0.481 e. The largest absolute Gasteiger partial charge is 0.481 e. The molecule has 0 aromatic rings. The number of alkyl halides is 1. The molecule has 3 atom stereocenters. The average molecular weight is 484 g/mol. The maximum atomic E-state index is 11.3. The van der Waals surface area contributed by atoms with Gasteiger partial charge in [0.2, 0.25) is 0 Å². The lowest BCUT2D eigenvalue weighted by Crippen LogP contribution is -2.53.